The van der Waals surface area contributed by atoms with Crippen LogP contribution < -0.4 is 9.80 Å². The van der Waals surface area contributed by atoms with E-state index in [1.165, 1.54) is 5.56 Å². The average molecular weight is 415 g/mol. The fourth-order valence-corrected chi connectivity index (χ4v) is 5.11. The van der Waals surface area contributed by atoms with Crippen molar-refractivity contribution in [1.29, 1.82) is 0 Å². The Morgan fingerprint density at radius 1 is 1.19 bits per heavy atom. The Morgan fingerprint density at radius 2 is 1.96 bits per heavy atom. The van der Waals surface area contributed by atoms with Crippen molar-refractivity contribution in [3.8, 4) is 0 Å². The summed E-state index contributed by atoms with van der Waals surface area (Å²) in [5.74, 6) is 0.590. The second kappa shape index (κ2) is 8.65. The number of benzene rings is 1. The summed E-state index contributed by atoms with van der Waals surface area (Å²) in [4.78, 5) is 14.1. The Labute approximate surface area is 160 Å². The number of nitrogens with one attached hydrogen (secondary N) is 1. The molecule has 2 heterocycles. The van der Waals surface area contributed by atoms with Gasteiger partial charge in [-0.2, -0.15) is 0 Å². The number of hydrogen-bond donors (Lipinski definition) is 2. The van der Waals surface area contributed by atoms with E-state index in [9.17, 15) is 5.11 Å². The first-order valence-electron chi connectivity index (χ1n) is 9.02. The van der Waals surface area contributed by atoms with E-state index in [0.29, 0.717) is 5.95 Å². The maximum atomic E-state index is 9.50. The normalized spacial score (nSPS) is 13.1. The fraction of sp³-hybridized carbons (Fsp3) is 0.421. The molecule has 2 N–H and O–H groups in total. The first-order chi connectivity index (χ1) is 12.6. The summed E-state index contributed by atoms with van der Waals surface area (Å²) in [6.07, 6.45) is 2.67. The van der Waals surface area contributed by atoms with Gasteiger partial charge in [0.1, 0.15) is 0 Å². The zero-order valence-electron chi connectivity index (χ0n) is 15.5. The van der Waals surface area contributed by atoms with E-state index in [4.69, 9.17) is 9.97 Å². The van der Waals surface area contributed by atoms with Crippen LogP contribution in [0.4, 0.5) is 5.95 Å². The number of aromatic nitrogens is 4. The molecule has 2 unspecified atom stereocenters. The zero-order valence-corrected chi connectivity index (χ0v) is 17.6. The van der Waals surface area contributed by atoms with Gasteiger partial charge in [0, 0.05) is 0 Å². The van der Waals surface area contributed by atoms with Crippen LogP contribution in [0.3, 0.4) is 0 Å². The number of hydrogen-bond acceptors (Lipinski definition) is 5. The molecular formula is C19H26AsN5O. The third-order valence-electron chi connectivity index (χ3n) is 4.33. The Balaban J connectivity index is 1.96. The van der Waals surface area contributed by atoms with Crippen molar-refractivity contribution in [3.05, 3.63) is 42.2 Å². The standard InChI is InChI=1S/C19H26AsN5O/c1-4-15(11-26)22-19-23-17(20-10-14-8-6-5-7-9-14)16-18(24-19)25(12-21-16)13(2)3/h5-9,12-13,15,20,26H,4,10-11H2,1-3H3,(H,22,23,24). The third-order valence-corrected chi connectivity index (χ3v) is 6.99. The number of imidazole rings is 1. The van der Waals surface area contributed by atoms with Gasteiger partial charge in [-0.1, -0.05) is 0 Å². The van der Waals surface area contributed by atoms with E-state index in [2.05, 4.69) is 53.0 Å². The van der Waals surface area contributed by atoms with Crippen LogP contribution in [0.15, 0.2) is 36.7 Å². The van der Waals surface area contributed by atoms with Gasteiger partial charge in [0.05, 0.1) is 0 Å². The van der Waals surface area contributed by atoms with Crippen LogP contribution in [0.1, 0.15) is 38.8 Å². The second-order valence-corrected chi connectivity index (χ2v) is 9.06. The van der Waals surface area contributed by atoms with Gasteiger partial charge in [0.25, 0.3) is 0 Å². The molecule has 3 aromatic rings. The molecule has 0 bridgehead atoms. The van der Waals surface area contributed by atoms with Gasteiger partial charge in [0.2, 0.25) is 0 Å². The molecule has 0 aliphatic heterocycles. The summed E-state index contributed by atoms with van der Waals surface area (Å²) < 4.78 is 3.15. The first-order valence-corrected chi connectivity index (χ1v) is 11.5. The first kappa shape index (κ1) is 18.9. The SMILES string of the molecule is CCC(CO)Nc1nc([AsH]Cc2ccccc2)c2ncn(C(C)C)c2n1. The van der Waals surface area contributed by atoms with Crippen LogP contribution in [0, 0.1) is 0 Å². The number of anilines is 1. The molecule has 3 rings (SSSR count). The van der Waals surface area contributed by atoms with Crippen LogP contribution in [0.2, 0.25) is 0 Å². The van der Waals surface area contributed by atoms with E-state index >= 15 is 0 Å². The van der Waals surface area contributed by atoms with Crippen LogP contribution >= 0.6 is 0 Å². The van der Waals surface area contributed by atoms with Crippen molar-refractivity contribution in [3.63, 3.8) is 0 Å². The van der Waals surface area contributed by atoms with Crippen molar-refractivity contribution >= 4 is 37.3 Å². The van der Waals surface area contributed by atoms with E-state index in [0.717, 1.165) is 27.3 Å². The monoisotopic (exact) mass is 415 g/mol. The van der Waals surface area contributed by atoms with Crippen molar-refractivity contribution in [2.75, 3.05) is 11.9 Å². The Hall–Kier alpha value is -1.91. The van der Waals surface area contributed by atoms with Crippen LogP contribution in [-0.2, 0) is 5.21 Å². The van der Waals surface area contributed by atoms with E-state index < -0.39 is 15.8 Å². The Kier molecular flexibility index (Phi) is 6.28. The Morgan fingerprint density at radius 3 is 2.62 bits per heavy atom. The van der Waals surface area contributed by atoms with Gasteiger partial charge in [-0.15, -0.1) is 0 Å². The zero-order chi connectivity index (χ0) is 18.5. The van der Waals surface area contributed by atoms with E-state index in [-0.39, 0.29) is 18.7 Å². The molecule has 138 valence electrons. The molecule has 1 aromatic carbocycles. The fourth-order valence-electron chi connectivity index (χ4n) is 2.72. The van der Waals surface area contributed by atoms with Crippen LogP contribution in [0.5, 0.6) is 0 Å². The summed E-state index contributed by atoms with van der Waals surface area (Å²) in [5.41, 5.74) is 3.12. The van der Waals surface area contributed by atoms with Crippen molar-refractivity contribution in [1.82, 2.24) is 19.5 Å². The molecule has 26 heavy (non-hydrogen) atoms. The molecular weight excluding hydrogens is 389 g/mol. The molecule has 2 aromatic heterocycles. The predicted octanol–water partition coefficient (Wildman–Crippen LogP) is 1.85. The van der Waals surface area contributed by atoms with Crippen molar-refractivity contribution in [2.45, 2.75) is 44.5 Å². The number of fused-ring (bicyclic) bond motifs is 1. The molecule has 6 nitrogen and oxygen atoms in total. The van der Waals surface area contributed by atoms with Gasteiger partial charge < -0.3 is 0 Å². The van der Waals surface area contributed by atoms with Gasteiger partial charge >= 0.3 is 161 Å². The predicted molar refractivity (Wildman–Crippen MR) is 107 cm³/mol. The van der Waals surface area contributed by atoms with Crippen molar-refractivity contribution < 1.29 is 5.11 Å². The summed E-state index contributed by atoms with van der Waals surface area (Å²) in [6.45, 7) is 6.35. The quantitative estimate of drug-likeness (QED) is 0.550. The van der Waals surface area contributed by atoms with Gasteiger partial charge in [-0.05, 0) is 0 Å². The summed E-state index contributed by atoms with van der Waals surface area (Å²) in [7, 11) is 0. The number of rotatable bonds is 8. The van der Waals surface area contributed by atoms with Gasteiger partial charge in [-0.25, -0.2) is 0 Å². The van der Waals surface area contributed by atoms with E-state index in [1.807, 2.05) is 19.3 Å². The molecule has 0 saturated carbocycles. The molecule has 0 radical (unpaired) electrons. The molecule has 0 saturated heterocycles. The van der Waals surface area contributed by atoms with Crippen LogP contribution in [-0.4, -0.2) is 53.0 Å². The number of aliphatic hydroxyl groups is 1. The third kappa shape index (κ3) is 4.25. The molecule has 0 spiro atoms. The maximum absolute atomic E-state index is 9.50. The Bertz CT molecular complexity index is 846. The van der Waals surface area contributed by atoms with Gasteiger partial charge in [0.15, 0.2) is 0 Å². The van der Waals surface area contributed by atoms with Crippen molar-refractivity contribution in [2.24, 2.45) is 0 Å². The molecule has 0 aliphatic carbocycles. The average Bonchev–Trinajstić information content (AvgIpc) is 3.09. The summed E-state index contributed by atoms with van der Waals surface area (Å²) >= 11 is -0.497. The number of nitrogens with zero attached hydrogens (tertiary/aromatic N) is 4. The minimum absolute atomic E-state index is 0.0372. The molecule has 0 fully saturated rings. The van der Waals surface area contributed by atoms with Crippen LogP contribution in [0.25, 0.3) is 11.2 Å². The molecule has 0 amide bonds. The van der Waals surface area contributed by atoms with Gasteiger partial charge in [-0.3, -0.25) is 0 Å². The number of aliphatic hydroxyl groups excluding tert-OH is 1. The molecule has 7 heteroatoms. The molecule has 0 aliphatic rings. The summed E-state index contributed by atoms with van der Waals surface area (Å²) in [5, 5.41) is 13.8. The molecule has 2 atom stereocenters. The van der Waals surface area contributed by atoms with E-state index in [1.54, 1.807) is 0 Å². The topological polar surface area (TPSA) is 75.9 Å². The summed E-state index contributed by atoms with van der Waals surface area (Å²) in [6, 6.07) is 10.8. The minimum atomic E-state index is -0.497. The second-order valence-electron chi connectivity index (χ2n) is 6.58.